The molecule has 0 N–H and O–H groups in total. The van der Waals surface area contributed by atoms with Crippen LogP contribution in [0.4, 0.5) is 0 Å². The summed E-state index contributed by atoms with van der Waals surface area (Å²) in [6, 6.07) is 22.3. The highest BCUT2D eigenvalue weighted by Gasteiger charge is 2.19. The molecule has 0 aliphatic carbocycles. The lowest BCUT2D eigenvalue weighted by Crippen LogP contribution is -2.03. The van der Waals surface area contributed by atoms with Crippen LogP contribution >= 0.6 is 0 Å². The number of sulfone groups is 1. The number of pyridine rings is 1. The first-order valence-electron chi connectivity index (χ1n) is 12.0. The predicted octanol–water partition coefficient (Wildman–Crippen LogP) is 5.83. The van der Waals surface area contributed by atoms with Crippen LogP contribution in [0.25, 0.3) is 21.7 Å². The summed E-state index contributed by atoms with van der Waals surface area (Å²) >= 11 is 0. The molecule has 4 aromatic carbocycles. The quantitative estimate of drug-likeness (QED) is 0.214. The van der Waals surface area contributed by atoms with Gasteiger partial charge in [0.15, 0.2) is 23.0 Å². The molecule has 0 saturated carbocycles. The van der Waals surface area contributed by atoms with Gasteiger partial charge in [0.25, 0.3) is 0 Å². The molecule has 200 valence electrons. The minimum absolute atomic E-state index is 0.168. The first-order chi connectivity index (χ1) is 18.9. The Bertz CT molecular complexity index is 1750. The predicted molar refractivity (Wildman–Crippen MR) is 148 cm³/mol. The van der Waals surface area contributed by atoms with Gasteiger partial charge in [-0.05, 0) is 48.0 Å². The molecule has 8 nitrogen and oxygen atoms in total. The van der Waals surface area contributed by atoms with Crippen LogP contribution in [0, 0.1) is 0 Å². The second kappa shape index (κ2) is 10.7. The smallest absolute Gasteiger partial charge is 0.222 e. The molecule has 0 aliphatic rings. The van der Waals surface area contributed by atoms with Crippen molar-refractivity contribution in [2.45, 2.75) is 16.4 Å². The Morgan fingerprint density at radius 2 is 1.13 bits per heavy atom. The maximum absolute atomic E-state index is 12.9. The average Bonchev–Trinajstić information content (AvgIpc) is 2.99. The molecule has 5 aromatic rings. The average molecular weight is 546 g/mol. The summed E-state index contributed by atoms with van der Waals surface area (Å²) in [5.74, 6) is 2.59. The fraction of sp³-hybridized carbons (Fsp3) is 0.167. The number of rotatable bonds is 9. The number of fused-ring (bicyclic) bond motifs is 3. The van der Waals surface area contributed by atoms with E-state index in [1.165, 1.54) is 0 Å². The zero-order valence-electron chi connectivity index (χ0n) is 21.9. The maximum atomic E-state index is 12.9. The number of nitrogens with zero attached hydrogens (tertiary/aromatic N) is 1. The first kappa shape index (κ1) is 26.1. The van der Waals surface area contributed by atoms with Crippen LogP contribution in [0.3, 0.4) is 0 Å². The van der Waals surface area contributed by atoms with Crippen LogP contribution in [0.1, 0.15) is 5.56 Å². The number of hydrogen-bond acceptors (Lipinski definition) is 8. The number of aromatic nitrogens is 1. The van der Waals surface area contributed by atoms with E-state index in [-0.39, 0.29) is 16.4 Å². The Hall–Kier alpha value is -4.50. The van der Waals surface area contributed by atoms with E-state index in [2.05, 4.69) is 0 Å². The second-order valence-corrected chi connectivity index (χ2v) is 10.6. The normalized spacial score (nSPS) is 11.4. The van der Waals surface area contributed by atoms with E-state index in [9.17, 15) is 8.42 Å². The highest BCUT2D eigenvalue weighted by atomic mass is 32.2. The minimum atomic E-state index is -3.60. The van der Waals surface area contributed by atoms with Crippen molar-refractivity contribution in [2.75, 3.05) is 28.4 Å². The molecule has 5 rings (SSSR count). The third-order valence-electron chi connectivity index (χ3n) is 6.43. The second-order valence-electron chi connectivity index (χ2n) is 8.64. The summed E-state index contributed by atoms with van der Waals surface area (Å²) in [5.41, 5.74) is 1.43. The number of methoxy groups -OCH3 is 4. The summed E-state index contributed by atoms with van der Waals surface area (Å²) in [6.45, 7) is 0.168. The summed E-state index contributed by atoms with van der Waals surface area (Å²) < 4.78 is 54.1. The van der Waals surface area contributed by atoms with Crippen LogP contribution in [-0.2, 0) is 16.4 Å². The summed E-state index contributed by atoms with van der Waals surface area (Å²) in [6.07, 6.45) is 0. The fourth-order valence-corrected chi connectivity index (χ4v) is 5.67. The molecule has 0 saturated heterocycles. The first-order valence-corrected chi connectivity index (χ1v) is 13.5. The zero-order valence-corrected chi connectivity index (χ0v) is 22.7. The molecular weight excluding hydrogens is 518 g/mol. The SMILES string of the molecule is COc1cc2nc(OCc3ccc(S(=O)(=O)c4ccccc4)cc3)c3cc(OC)c(OC)cc3c2cc1OC. The molecule has 0 aliphatic heterocycles. The molecule has 9 heteroatoms. The van der Waals surface area contributed by atoms with Gasteiger partial charge in [-0.3, -0.25) is 0 Å². The molecule has 0 atom stereocenters. The van der Waals surface area contributed by atoms with Gasteiger partial charge in [-0.1, -0.05) is 30.3 Å². The van der Waals surface area contributed by atoms with Gasteiger partial charge in [0.05, 0.1) is 43.7 Å². The van der Waals surface area contributed by atoms with Crippen LogP contribution in [-0.4, -0.2) is 41.8 Å². The van der Waals surface area contributed by atoms with Crippen LogP contribution < -0.4 is 23.7 Å². The maximum Gasteiger partial charge on any atom is 0.222 e. The monoisotopic (exact) mass is 545 g/mol. The van der Waals surface area contributed by atoms with Gasteiger partial charge >= 0.3 is 0 Å². The topological polar surface area (TPSA) is 93.2 Å². The third kappa shape index (κ3) is 4.88. The Balaban J connectivity index is 1.54. The molecule has 0 amide bonds. The lowest BCUT2D eigenvalue weighted by atomic mass is 10.0. The highest BCUT2D eigenvalue weighted by Crippen LogP contribution is 2.42. The minimum Gasteiger partial charge on any atom is -0.493 e. The molecule has 1 heterocycles. The van der Waals surface area contributed by atoms with Crippen molar-refractivity contribution in [3.63, 3.8) is 0 Å². The molecule has 0 unspecified atom stereocenters. The van der Waals surface area contributed by atoms with Gasteiger partial charge in [0.1, 0.15) is 6.61 Å². The van der Waals surface area contributed by atoms with Crippen molar-refractivity contribution in [3.05, 3.63) is 84.4 Å². The van der Waals surface area contributed by atoms with Crippen molar-refractivity contribution < 1.29 is 32.1 Å². The van der Waals surface area contributed by atoms with E-state index < -0.39 is 9.84 Å². The van der Waals surface area contributed by atoms with E-state index in [1.807, 2.05) is 18.2 Å². The van der Waals surface area contributed by atoms with Crippen LogP contribution in [0.5, 0.6) is 28.9 Å². The number of ether oxygens (including phenoxy) is 5. The third-order valence-corrected chi connectivity index (χ3v) is 8.22. The molecule has 0 radical (unpaired) electrons. The van der Waals surface area contributed by atoms with Crippen molar-refractivity contribution in [3.8, 4) is 28.9 Å². The van der Waals surface area contributed by atoms with E-state index in [0.29, 0.717) is 34.4 Å². The van der Waals surface area contributed by atoms with Gasteiger partial charge in [-0.2, -0.15) is 0 Å². The van der Waals surface area contributed by atoms with E-state index >= 15 is 0 Å². The molecule has 1 aromatic heterocycles. The van der Waals surface area contributed by atoms with Crippen molar-refractivity contribution in [1.82, 2.24) is 4.98 Å². The Morgan fingerprint density at radius 1 is 0.615 bits per heavy atom. The zero-order chi connectivity index (χ0) is 27.6. The van der Waals surface area contributed by atoms with E-state index in [4.69, 9.17) is 28.7 Å². The fourth-order valence-electron chi connectivity index (χ4n) is 4.39. The number of benzene rings is 4. The lowest BCUT2D eigenvalue weighted by Gasteiger charge is -2.16. The summed E-state index contributed by atoms with van der Waals surface area (Å²) in [7, 11) is 2.69. The largest absolute Gasteiger partial charge is 0.493 e. The van der Waals surface area contributed by atoms with Gasteiger partial charge in [-0.25, -0.2) is 13.4 Å². The Morgan fingerprint density at radius 3 is 1.72 bits per heavy atom. The summed E-state index contributed by atoms with van der Waals surface area (Å²) in [5, 5.41) is 2.37. The molecule has 39 heavy (non-hydrogen) atoms. The van der Waals surface area contributed by atoms with Gasteiger partial charge in [0.2, 0.25) is 15.7 Å². The van der Waals surface area contributed by atoms with Gasteiger partial charge in [0, 0.05) is 22.2 Å². The highest BCUT2D eigenvalue weighted by molar-refractivity contribution is 7.91. The Kier molecular flexibility index (Phi) is 7.17. The molecule has 0 bridgehead atoms. The van der Waals surface area contributed by atoms with Crippen LogP contribution in [0.15, 0.2) is 88.7 Å². The van der Waals surface area contributed by atoms with Gasteiger partial charge in [-0.15, -0.1) is 0 Å². The van der Waals surface area contributed by atoms with Gasteiger partial charge < -0.3 is 23.7 Å². The standard InChI is InChI=1S/C30H27NO7S/c1-34-26-14-22-23-15-27(35-2)29(37-4)17-25(23)31-30(24(22)16-28(26)36-3)38-18-19-10-12-21(13-11-19)39(32,33)20-8-6-5-7-9-20/h5-17H,18H2,1-4H3. The van der Waals surface area contributed by atoms with Crippen molar-refractivity contribution >= 4 is 31.5 Å². The summed E-state index contributed by atoms with van der Waals surface area (Å²) in [4.78, 5) is 5.24. The van der Waals surface area contributed by atoms with E-state index in [1.54, 1.807) is 89.1 Å². The molecule has 0 spiro atoms. The van der Waals surface area contributed by atoms with Crippen molar-refractivity contribution in [2.24, 2.45) is 0 Å². The Labute approximate surface area is 226 Å². The van der Waals surface area contributed by atoms with Crippen molar-refractivity contribution in [1.29, 1.82) is 0 Å². The van der Waals surface area contributed by atoms with Crippen LogP contribution in [0.2, 0.25) is 0 Å². The number of hydrogen-bond donors (Lipinski definition) is 0. The molecule has 0 fully saturated rings. The lowest BCUT2D eigenvalue weighted by molar-refractivity contribution is 0.298. The molecular formula is C30H27NO7S. The van der Waals surface area contributed by atoms with E-state index in [0.717, 1.165) is 21.7 Å².